The summed E-state index contributed by atoms with van der Waals surface area (Å²) in [5.41, 5.74) is 3.58. The lowest BCUT2D eigenvalue weighted by Gasteiger charge is -1.98. The number of benzene rings is 1. The Balaban J connectivity index is 2.27. The van der Waals surface area contributed by atoms with Crippen molar-refractivity contribution in [2.75, 3.05) is 0 Å². The number of H-pyrrole nitrogens is 1. The van der Waals surface area contributed by atoms with Crippen molar-refractivity contribution in [2.45, 2.75) is 6.92 Å². The summed E-state index contributed by atoms with van der Waals surface area (Å²) >= 11 is 0. The van der Waals surface area contributed by atoms with Gasteiger partial charge < -0.3 is 0 Å². The molecule has 2 heterocycles. The highest BCUT2D eigenvalue weighted by atomic mass is 19.1. The van der Waals surface area contributed by atoms with Gasteiger partial charge in [0.05, 0.1) is 5.52 Å². The molecule has 3 nitrogen and oxygen atoms in total. The SMILES string of the molecule is Cc1ccc2[nH]nc(-c3ccnc(F)c3)c2c1. The number of fused-ring (bicyclic) bond motifs is 1. The summed E-state index contributed by atoms with van der Waals surface area (Å²) < 4.78 is 13.1. The minimum atomic E-state index is -0.494. The number of hydrogen-bond acceptors (Lipinski definition) is 2. The van der Waals surface area contributed by atoms with Gasteiger partial charge in [-0.3, -0.25) is 5.10 Å². The van der Waals surface area contributed by atoms with Crippen LogP contribution in [0, 0.1) is 12.9 Å². The molecule has 3 rings (SSSR count). The number of nitrogens with one attached hydrogen (secondary N) is 1. The summed E-state index contributed by atoms with van der Waals surface area (Å²) in [6.07, 6.45) is 1.45. The monoisotopic (exact) mass is 227 g/mol. The standard InChI is InChI=1S/C13H10FN3/c1-8-2-3-11-10(6-8)13(17-16-11)9-4-5-15-12(14)7-9/h2-7H,1H3,(H,16,17). The minimum absolute atomic E-state index is 0.494. The maximum atomic E-state index is 13.1. The van der Waals surface area contributed by atoms with Crippen LogP contribution >= 0.6 is 0 Å². The van der Waals surface area contributed by atoms with Crippen LogP contribution in [-0.2, 0) is 0 Å². The van der Waals surface area contributed by atoms with Crippen molar-refractivity contribution in [3.63, 3.8) is 0 Å². The molecule has 0 amide bonds. The van der Waals surface area contributed by atoms with Crippen LogP contribution in [0.3, 0.4) is 0 Å². The summed E-state index contributed by atoms with van der Waals surface area (Å²) in [7, 11) is 0. The number of nitrogens with zero attached hydrogens (tertiary/aromatic N) is 2. The molecule has 0 spiro atoms. The molecule has 17 heavy (non-hydrogen) atoms. The number of aryl methyl sites for hydroxylation is 1. The van der Waals surface area contributed by atoms with E-state index < -0.39 is 5.95 Å². The zero-order valence-corrected chi connectivity index (χ0v) is 9.24. The maximum Gasteiger partial charge on any atom is 0.213 e. The van der Waals surface area contributed by atoms with Crippen molar-refractivity contribution in [3.8, 4) is 11.3 Å². The third-order valence-electron chi connectivity index (χ3n) is 2.72. The number of halogens is 1. The van der Waals surface area contributed by atoms with Crippen LogP contribution in [-0.4, -0.2) is 15.2 Å². The van der Waals surface area contributed by atoms with Gasteiger partial charge in [0.25, 0.3) is 0 Å². The molecular weight excluding hydrogens is 217 g/mol. The molecule has 4 heteroatoms. The number of aromatic amines is 1. The molecule has 0 atom stereocenters. The van der Waals surface area contributed by atoms with Crippen molar-refractivity contribution in [2.24, 2.45) is 0 Å². The fourth-order valence-electron chi connectivity index (χ4n) is 1.90. The van der Waals surface area contributed by atoms with Crippen molar-refractivity contribution in [3.05, 3.63) is 48.0 Å². The van der Waals surface area contributed by atoms with Crippen LogP contribution in [0.25, 0.3) is 22.2 Å². The fraction of sp³-hybridized carbons (Fsp3) is 0.0769. The lowest BCUT2D eigenvalue weighted by atomic mass is 10.1. The van der Waals surface area contributed by atoms with E-state index in [0.29, 0.717) is 0 Å². The lowest BCUT2D eigenvalue weighted by molar-refractivity contribution is 0.584. The predicted molar refractivity (Wildman–Crippen MR) is 64.0 cm³/mol. The Morgan fingerprint density at radius 2 is 2.06 bits per heavy atom. The van der Waals surface area contributed by atoms with Crippen LogP contribution in [0.4, 0.5) is 4.39 Å². The fourth-order valence-corrected chi connectivity index (χ4v) is 1.90. The average Bonchev–Trinajstić information content (AvgIpc) is 2.71. The van der Waals surface area contributed by atoms with Gasteiger partial charge in [0.2, 0.25) is 5.95 Å². The van der Waals surface area contributed by atoms with Gasteiger partial charge in [-0.15, -0.1) is 0 Å². The topological polar surface area (TPSA) is 41.6 Å². The second-order valence-corrected chi connectivity index (χ2v) is 3.99. The molecule has 1 aromatic carbocycles. The van der Waals surface area contributed by atoms with Gasteiger partial charge in [-0.25, -0.2) is 4.98 Å². The number of hydrogen-bond donors (Lipinski definition) is 1. The van der Waals surface area contributed by atoms with Crippen LogP contribution in [0.1, 0.15) is 5.56 Å². The Labute approximate surface area is 97.3 Å². The minimum Gasteiger partial charge on any atom is -0.277 e. The largest absolute Gasteiger partial charge is 0.277 e. The summed E-state index contributed by atoms with van der Waals surface area (Å²) in [5.74, 6) is -0.494. The van der Waals surface area contributed by atoms with Crippen molar-refractivity contribution >= 4 is 10.9 Å². The number of aromatic nitrogens is 3. The third-order valence-corrected chi connectivity index (χ3v) is 2.72. The maximum absolute atomic E-state index is 13.1. The summed E-state index contributed by atoms with van der Waals surface area (Å²) in [4.78, 5) is 3.54. The van der Waals surface area contributed by atoms with E-state index in [2.05, 4.69) is 15.2 Å². The van der Waals surface area contributed by atoms with E-state index >= 15 is 0 Å². The molecule has 0 saturated heterocycles. The van der Waals surface area contributed by atoms with Crippen molar-refractivity contribution < 1.29 is 4.39 Å². The molecule has 0 bridgehead atoms. The quantitative estimate of drug-likeness (QED) is 0.649. The highest BCUT2D eigenvalue weighted by molar-refractivity contribution is 5.93. The van der Waals surface area contributed by atoms with E-state index in [1.165, 1.54) is 12.3 Å². The van der Waals surface area contributed by atoms with Gasteiger partial charge in [-0.05, 0) is 25.1 Å². The number of pyridine rings is 1. The molecule has 0 aliphatic rings. The lowest BCUT2D eigenvalue weighted by Crippen LogP contribution is -1.84. The molecule has 0 aliphatic heterocycles. The van der Waals surface area contributed by atoms with Crippen LogP contribution in [0.2, 0.25) is 0 Å². The Bertz CT molecular complexity index is 688. The van der Waals surface area contributed by atoms with Gasteiger partial charge in [-0.2, -0.15) is 9.49 Å². The normalized spacial score (nSPS) is 10.9. The first-order valence-electron chi connectivity index (χ1n) is 5.31. The highest BCUT2D eigenvalue weighted by Crippen LogP contribution is 2.26. The Morgan fingerprint density at radius 1 is 1.18 bits per heavy atom. The Hall–Kier alpha value is -2.23. The van der Waals surface area contributed by atoms with Gasteiger partial charge in [0, 0.05) is 23.2 Å². The molecular formula is C13H10FN3. The zero-order valence-electron chi connectivity index (χ0n) is 9.24. The molecule has 2 aromatic heterocycles. The highest BCUT2D eigenvalue weighted by Gasteiger charge is 2.08. The number of rotatable bonds is 1. The second kappa shape index (κ2) is 3.66. The van der Waals surface area contributed by atoms with Gasteiger partial charge >= 0.3 is 0 Å². The Kier molecular flexibility index (Phi) is 2.14. The van der Waals surface area contributed by atoms with E-state index in [9.17, 15) is 4.39 Å². The van der Waals surface area contributed by atoms with Crippen LogP contribution in [0.5, 0.6) is 0 Å². The van der Waals surface area contributed by atoms with Gasteiger partial charge in [-0.1, -0.05) is 11.6 Å². The van der Waals surface area contributed by atoms with Crippen molar-refractivity contribution in [1.29, 1.82) is 0 Å². The van der Waals surface area contributed by atoms with Gasteiger partial charge in [0.1, 0.15) is 5.69 Å². The zero-order chi connectivity index (χ0) is 11.8. The van der Waals surface area contributed by atoms with E-state index in [4.69, 9.17) is 0 Å². The second-order valence-electron chi connectivity index (χ2n) is 3.99. The van der Waals surface area contributed by atoms with E-state index in [0.717, 1.165) is 27.7 Å². The van der Waals surface area contributed by atoms with Crippen LogP contribution in [0.15, 0.2) is 36.5 Å². The third kappa shape index (κ3) is 1.67. The Morgan fingerprint density at radius 3 is 2.88 bits per heavy atom. The van der Waals surface area contributed by atoms with E-state index in [-0.39, 0.29) is 0 Å². The first-order chi connectivity index (χ1) is 8.24. The van der Waals surface area contributed by atoms with Gasteiger partial charge in [0.15, 0.2) is 0 Å². The summed E-state index contributed by atoms with van der Waals surface area (Å²) in [6, 6.07) is 9.15. The molecule has 0 saturated carbocycles. The summed E-state index contributed by atoms with van der Waals surface area (Å²) in [6.45, 7) is 2.02. The van der Waals surface area contributed by atoms with Crippen molar-refractivity contribution in [1.82, 2.24) is 15.2 Å². The molecule has 84 valence electrons. The first-order valence-corrected chi connectivity index (χ1v) is 5.31. The molecule has 3 aromatic rings. The average molecular weight is 227 g/mol. The van der Waals surface area contributed by atoms with Crippen LogP contribution < -0.4 is 0 Å². The van der Waals surface area contributed by atoms with E-state index in [1.54, 1.807) is 6.07 Å². The molecule has 1 N–H and O–H groups in total. The molecule has 0 radical (unpaired) electrons. The predicted octanol–water partition coefficient (Wildman–Crippen LogP) is 3.07. The molecule has 0 unspecified atom stereocenters. The first kappa shape index (κ1) is 9.96. The summed E-state index contributed by atoms with van der Waals surface area (Å²) in [5, 5.41) is 8.16. The van der Waals surface area contributed by atoms with E-state index in [1.807, 2.05) is 25.1 Å². The molecule has 0 aliphatic carbocycles. The molecule has 0 fully saturated rings. The smallest absolute Gasteiger partial charge is 0.213 e.